The van der Waals surface area contributed by atoms with E-state index in [-0.39, 0.29) is 25.4 Å². The average molecular weight is 289 g/mol. The van der Waals surface area contributed by atoms with E-state index >= 15 is 0 Å². The number of ether oxygens (including phenoxy) is 1. The predicted molar refractivity (Wildman–Crippen MR) is 72.3 cm³/mol. The Morgan fingerprint density at radius 1 is 1.10 bits per heavy atom. The Labute approximate surface area is 118 Å². The summed E-state index contributed by atoms with van der Waals surface area (Å²) in [6.07, 6.45) is -0.806. The lowest BCUT2D eigenvalue weighted by molar-refractivity contribution is -0.139. The molecule has 0 aromatic rings. The van der Waals surface area contributed by atoms with Gasteiger partial charge < -0.3 is 25.8 Å². The number of amides is 3. The second-order valence-electron chi connectivity index (χ2n) is 4.72. The standard InChI is InChI=1S/C12H23N3O5/c1-8(2)5-13-10(16)7-15-12(19)14-6-9(20-3)4-11(17)18/h8-9H,4-7H2,1-3H3,(H,13,16)(H,17,18)(H2,14,15,19). The lowest BCUT2D eigenvalue weighted by Crippen LogP contribution is -2.45. The zero-order valence-electron chi connectivity index (χ0n) is 12.1. The zero-order valence-corrected chi connectivity index (χ0v) is 12.1. The number of carbonyl (C=O) groups is 3. The molecule has 0 aromatic heterocycles. The van der Waals surface area contributed by atoms with Crippen molar-refractivity contribution >= 4 is 17.9 Å². The van der Waals surface area contributed by atoms with Gasteiger partial charge in [-0.1, -0.05) is 13.8 Å². The highest BCUT2D eigenvalue weighted by Gasteiger charge is 2.13. The van der Waals surface area contributed by atoms with E-state index in [1.165, 1.54) is 7.11 Å². The van der Waals surface area contributed by atoms with Gasteiger partial charge in [0, 0.05) is 20.2 Å². The lowest BCUT2D eigenvalue weighted by atomic mass is 10.2. The summed E-state index contributed by atoms with van der Waals surface area (Å²) in [5.41, 5.74) is 0. The fourth-order valence-electron chi connectivity index (χ4n) is 1.24. The van der Waals surface area contributed by atoms with Crippen LogP contribution in [-0.4, -0.2) is 55.9 Å². The molecule has 0 heterocycles. The molecule has 4 N–H and O–H groups in total. The van der Waals surface area contributed by atoms with Crippen molar-refractivity contribution in [2.45, 2.75) is 26.4 Å². The lowest BCUT2D eigenvalue weighted by Gasteiger charge is -2.14. The van der Waals surface area contributed by atoms with Crippen molar-refractivity contribution in [3.05, 3.63) is 0 Å². The number of urea groups is 1. The molecule has 1 unspecified atom stereocenters. The first-order chi connectivity index (χ1) is 9.35. The Morgan fingerprint density at radius 2 is 1.75 bits per heavy atom. The molecule has 20 heavy (non-hydrogen) atoms. The van der Waals surface area contributed by atoms with Gasteiger partial charge in [0.05, 0.1) is 19.1 Å². The van der Waals surface area contributed by atoms with E-state index in [1.54, 1.807) is 0 Å². The molecule has 0 aliphatic rings. The van der Waals surface area contributed by atoms with Crippen molar-refractivity contribution < 1.29 is 24.2 Å². The molecule has 0 spiro atoms. The SMILES string of the molecule is COC(CNC(=O)NCC(=O)NCC(C)C)CC(=O)O. The Balaban J connectivity index is 3.82. The first-order valence-electron chi connectivity index (χ1n) is 6.38. The molecule has 0 bridgehead atoms. The summed E-state index contributed by atoms with van der Waals surface area (Å²) in [6.45, 7) is 4.41. The molecule has 8 nitrogen and oxygen atoms in total. The minimum atomic E-state index is -1.01. The molecule has 0 aliphatic heterocycles. The maximum atomic E-state index is 11.4. The smallest absolute Gasteiger partial charge is 0.315 e. The molecule has 0 saturated heterocycles. The van der Waals surface area contributed by atoms with Gasteiger partial charge in [0.15, 0.2) is 0 Å². The molecule has 3 amide bonds. The Morgan fingerprint density at radius 3 is 2.25 bits per heavy atom. The summed E-state index contributed by atoms with van der Waals surface area (Å²) < 4.78 is 4.90. The molecule has 0 saturated carbocycles. The second-order valence-corrected chi connectivity index (χ2v) is 4.72. The summed E-state index contributed by atoms with van der Waals surface area (Å²) >= 11 is 0. The van der Waals surface area contributed by atoms with Crippen LogP contribution in [0.2, 0.25) is 0 Å². The molecule has 0 aliphatic carbocycles. The second kappa shape index (κ2) is 10.0. The van der Waals surface area contributed by atoms with Gasteiger partial charge in [0.1, 0.15) is 0 Å². The highest BCUT2D eigenvalue weighted by Crippen LogP contribution is 1.95. The third kappa shape index (κ3) is 10.1. The van der Waals surface area contributed by atoms with Gasteiger partial charge in [-0.15, -0.1) is 0 Å². The minimum absolute atomic E-state index is 0.0578. The van der Waals surface area contributed by atoms with E-state index in [0.29, 0.717) is 12.5 Å². The fourth-order valence-corrected chi connectivity index (χ4v) is 1.24. The Kier molecular flexibility index (Phi) is 9.10. The van der Waals surface area contributed by atoms with Crippen LogP contribution < -0.4 is 16.0 Å². The first-order valence-corrected chi connectivity index (χ1v) is 6.38. The van der Waals surface area contributed by atoms with Gasteiger partial charge in [0.2, 0.25) is 5.91 Å². The molecule has 0 aromatic carbocycles. The van der Waals surface area contributed by atoms with Crippen molar-refractivity contribution in [3.8, 4) is 0 Å². The van der Waals surface area contributed by atoms with Crippen molar-refractivity contribution in [3.63, 3.8) is 0 Å². The maximum Gasteiger partial charge on any atom is 0.315 e. The number of rotatable bonds is 9. The average Bonchev–Trinajstić information content (AvgIpc) is 2.38. The molecule has 116 valence electrons. The number of nitrogens with one attached hydrogen (secondary N) is 3. The minimum Gasteiger partial charge on any atom is -0.481 e. The van der Waals surface area contributed by atoms with E-state index in [2.05, 4.69) is 16.0 Å². The number of hydrogen-bond acceptors (Lipinski definition) is 4. The Bertz CT molecular complexity index is 333. The largest absolute Gasteiger partial charge is 0.481 e. The molecule has 0 rings (SSSR count). The summed E-state index contributed by atoms with van der Waals surface area (Å²) in [5.74, 6) is -0.943. The van der Waals surface area contributed by atoms with Crippen LogP contribution in [0.15, 0.2) is 0 Å². The van der Waals surface area contributed by atoms with Crippen molar-refractivity contribution in [2.24, 2.45) is 5.92 Å². The van der Waals surface area contributed by atoms with Gasteiger partial charge in [-0.05, 0) is 5.92 Å². The van der Waals surface area contributed by atoms with Crippen LogP contribution in [0, 0.1) is 5.92 Å². The topological polar surface area (TPSA) is 117 Å². The number of methoxy groups -OCH3 is 1. The van der Waals surface area contributed by atoms with Crippen LogP contribution >= 0.6 is 0 Å². The zero-order chi connectivity index (χ0) is 15.5. The van der Waals surface area contributed by atoms with E-state index < -0.39 is 18.1 Å². The predicted octanol–water partition coefficient (Wildman–Crippen LogP) is -0.452. The van der Waals surface area contributed by atoms with Gasteiger partial charge >= 0.3 is 12.0 Å². The number of carboxylic acid groups (broad SMARTS) is 1. The van der Waals surface area contributed by atoms with E-state index in [0.717, 1.165) is 0 Å². The van der Waals surface area contributed by atoms with Gasteiger partial charge in [-0.2, -0.15) is 0 Å². The van der Waals surface area contributed by atoms with Crippen molar-refractivity contribution in [1.82, 2.24) is 16.0 Å². The van der Waals surface area contributed by atoms with E-state index in [9.17, 15) is 14.4 Å². The van der Waals surface area contributed by atoms with Crippen LogP contribution in [0.4, 0.5) is 4.79 Å². The third-order valence-electron chi connectivity index (χ3n) is 2.34. The van der Waals surface area contributed by atoms with Crippen LogP contribution in [0.1, 0.15) is 20.3 Å². The van der Waals surface area contributed by atoms with Crippen LogP contribution in [-0.2, 0) is 14.3 Å². The molecule has 8 heteroatoms. The number of carbonyl (C=O) groups excluding carboxylic acids is 2. The molecule has 0 fully saturated rings. The number of hydrogen-bond donors (Lipinski definition) is 4. The highest BCUT2D eigenvalue weighted by molar-refractivity contribution is 5.83. The molecular formula is C12H23N3O5. The van der Waals surface area contributed by atoms with Gasteiger partial charge in [-0.25, -0.2) is 4.79 Å². The summed E-state index contributed by atoms with van der Waals surface area (Å²) in [4.78, 5) is 33.2. The Hall–Kier alpha value is -1.83. The number of carboxylic acids is 1. The first kappa shape index (κ1) is 18.2. The summed E-state index contributed by atoms with van der Waals surface area (Å²) in [7, 11) is 1.37. The fraction of sp³-hybridized carbons (Fsp3) is 0.750. The monoisotopic (exact) mass is 289 g/mol. The molecule has 1 atom stereocenters. The normalized spacial score (nSPS) is 11.8. The van der Waals surface area contributed by atoms with Crippen molar-refractivity contribution in [2.75, 3.05) is 26.7 Å². The van der Waals surface area contributed by atoms with Crippen LogP contribution in [0.5, 0.6) is 0 Å². The third-order valence-corrected chi connectivity index (χ3v) is 2.34. The van der Waals surface area contributed by atoms with Gasteiger partial charge in [0.25, 0.3) is 0 Å². The number of aliphatic carboxylic acids is 1. The molecule has 0 radical (unpaired) electrons. The molecular weight excluding hydrogens is 266 g/mol. The van der Waals surface area contributed by atoms with Crippen LogP contribution in [0.25, 0.3) is 0 Å². The van der Waals surface area contributed by atoms with Crippen LogP contribution in [0.3, 0.4) is 0 Å². The van der Waals surface area contributed by atoms with Gasteiger partial charge in [-0.3, -0.25) is 9.59 Å². The quantitative estimate of drug-likeness (QED) is 0.458. The van der Waals surface area contributed by atoms with Crippen molar-refractivity contribution in [1.29, 1.82) is 0 Å². The van der Waals surface area contributed by atoms with E-state index in [1.807, 2.05) is 13.8 Å². The highest BCUT2D eigenvalue weighted by atomic mass is 16.5. The summed E-state index contributed by atoms with van der Waals surface area (Å²) in [5, 5.41) is 16.1. The summed E-state index contributed by atoms with van der Waals surface area (Å²) in [6, 6.07) is -0.544. The van der Waals surface area contributed by atoms with E-state index in [4.69, 9.17) is 9.84 Å². The maximum absolute atomic E-state index is 11.4.